The summed E-state index contributed by atoms with van der Waals surface area (Å²) in [5, 5.41) is 9.29. The molecule has 36 heavy (non-hydrogen) atoms. The topological polar surface area (TPSA) is 72.3 Å². The van der Waals surface area contributed by atoms with Crippen molar-refractivity contribution in [2.24, 2.45) is 0 Å². The highest BCUT2D eigenvalue weighted by Gasteiger charge is 2.27. The molecule has 1 atom stereocenters. The van der Waals surface area contributed by atoms with Crippen LogP contribution in [-0.2, 0) is 11.3 Å². The first-order chi connectivity index (χ1) is 17.6. The standard InChI is InChI=1S/C28H28FN5O2/c1-3-26(35)33-15-7-9-21(18-33)34-28(31-17-20-8-4-5-14-30-20)22-16-19(12-13-24(22)32-34)27-23(29)10-6-11-25(27)36-2/h3-6,8,10-14,16,21,31H,1,7,9,15,17-18H2,2H3. The number of nitrogens with one attached hydrogen (secondary N) is 1. The average Bonchev–Trinajstić information content (AvgIpc) is 3.29. The molecule has 0 bridgehead atoms. The van der Waals surface area contributed by atoms with Gasteiger partial charge in [-0.25, -0.2) is 9.07 Å². The van der Waals surface area contributed by atoms with E-state index in [1.165, 1.54) is 19.3 Å². The molecule has 2 aromatic carbocycles. The zero-order chi connectivity index (χ0) is 25.1. The summed E-state index contributed by atoms with van der Waals surface area (Å²) < 4.78 is 22.3. The quantitative estimate of drug-likeness (QED) is 0.364. The molecule has 1 aliphatic heterocycles. The fourth-order valence-corrected chi connectivity index (χ4v) is 4.81. The summed E-state index contributed by atoms with van der Waals surface area (Å²) in [4.78, 5) is 18.5. The molecule has 0 aliphatic carbocycles. The van der Waals surface area contributed by atoms with Gasteiger partial charge in [-0.3, -0.25) is 9.78 Å². The number of carbonyl (C=O) groups excluding carboxylic acids is 1. The van der Waals surface area contributed by atoms with Gasteiger partial charge < -0.3 is 15.0 Å². The summed E-state index contributed by atoms with van der Waals surface area (Å²) in [7, 11) is 1.54. The zero-order valence-corrected chi connectivity index (χ0v) is 20.2. The summed E-state index contributed by atoms with van der Waals surface area (Å²) in [5.41, 5.74) is 2.78. The zero-order valence-electron chi connectivity index (χ0n) is 20.2. The summed E-state index contributed by atoms with van der Waals surface area (Å²) in [6.07, 6.45) is 4.88. The summed E-state index contributed by atoms with van der Waals surface area (Å²) >= 11 is 0. The fraction of sp³-hybridized carbons (Fsp3) is 0.250. The highest BCUT2D eigenvalue weighted by atomic mass is 19.1. The first-order valence-electron chi connectivity index (χ1n) is 12.0. The minimum absolute atomic E-state index is 0.00673. The van der Waals surface area contributed by atoms with E-state index in [1.54, 1.807) is 18.3 Å². The Hall–Kier alpha value is -4.20. The van der Waals surface area contributed by atoms with Crippen molar-refractivity contribution in [1.29, 1.82) is 0 Å². The van der Waals surface area contributed by atoms with Crippen molar-refractivity contribution >= 4 is 22.6 Å². The minimum atomic E-state index is -0.352. The molecule has 4 aromatic rings. The molecule has 0 saturated carbocycles. The smallest absolute Gasteiger partial charge is 0.246 e. The number of likely N-dealkylation sites (tertiary alicyclic amines) is 1. The van der Waals surface area contributed by atoms with Gasteiger partial charge in [-0.15, -0.1) is 0 Å². The van der Waals surface area contributed by atoms with Crippen LogP contribution in [0, 0.1) is 5.82 Å². The van der Waals surface area contributed by atoms with Crippen molar-refractivity contribution in [3.05, 3.63) is 85.0 Å². The van der Waals surface area contributed by atoms with Gasteiger partial charge in [0, 0.05) is 24.7 Å². The Kier molecular flexibility index (Phi) is 6.66. The maximum Gasteiger partial charge on any atom is 0.246 e. The molecular weight excluding hydrogens is 457 g/mol. The van der Waals surface area contributed by atoms with Gasteiger partial charge in [-0.2, -0.15) is 5.10 Å². The molecule has 1 fully saturated rings. The normalized spacial score (nSPS) is 15.6. The highest BCUT2D eigenvalue weighted by molar-refractivity contribution is 5.94. The van der Waals surface area contributed by atoms with Gasteiger partial charge in [-0.1, -0.05) is 24.8 Å². The summed E-state index contributed by atoms with van der Waals surface area (Å²) in [6.45, 7) is 5.38. The molecule has 184 valence electrons. The van der Waals surface area contributed by atoms with Crippen LogP contribution in [-0.4, -0.2) is 45.8 Å². The fourth-order valence-electron chi connectivity index (χ4n) is 4.81. The van der Waals surface area contributed by atoms with E-state index in [0.29, 0.717) is 36.5 Å². The molecule has 8 heteroatoms. The predicted molar refractivity (Wildman–Crippen MR) is 138 cm³/mol. The lowest BCUT2D eigenvalue weighted by atomic mass is 10.0. The van der Waals surface area contributed by atoms with Crippen LogP contribution in [0.5, 0.6) is 5.75 Å². The van der Waals surface area contributed by atoms with E-state index in [4.69, 9.17) is 9.84 Å². The Bertz CT molecular complexity index is 1400. The van der Waals surface area contributed by atoms with Gasteiger partial charge in [0.25, 0.3) is 0 Å². The number of anilines is 1. The van der Waals surface area contributed by atoms with Crippen molar-refractivity contribution in [2.75, 3.05) is 25.5 Å². The van der Waals surface area contributed by atoms with Gasteiger partial charge in [-0.05, 0) is 60.9 Å². The van der Waals surface area contributed by atoms with Gasteiger partial charge in [0.05, 0.1) is 36.5 Å². The Morgan fingerprint density at radius 3 is 2.92 bits per heavy atom. The molecule has 1 saturated heterocycles. The monoisotopic (exact) mass is 485 g/mol. The molecule has 0 spiro atoms. The molecule has 1 amide bonds. The van der Waals surface area contributed by atoms with Crippen LogP contribution in [0.15, 0.2) is 73.4 Å². The van der Waals surface area contributed by atoms with Crippen LogP contribution in [0.4, 0.5) is 10.2 Å². The van der Waals surface area contributed by atoms with Crippen LogP contribution in [0.3, 0.4) is 0 Å². The van der Waals surface area contributed by atoms with Gasteiger partial charge in [0.15, 0.2) is 0 Å². The molecule has 1 aliphatic rings. The SMILES string of the molecule is C=CC(=O)N1CCCC(n2nc3ccc(-c4c(F)cccc4OC)cc3c2NCc2ccccn2)C1. The van der Waals surface area contributed by atoms with E-state index in [2.05, 4.69) is 16.9 Å². The van der Waals surface area contributed by atoms with E-state index in [9.17, 15) is 9.18 Å². The molecule has 1 unspecified atom stereocenters. The van der Waals surface area contributed by atoms with Crippen molar-refractivity contribution < 1.29 is 13.9 Å². The van der Waals surface area contributed by atoms with Crippen molar-refractivity contribution in [3.8, 4) is 16.9 Å². The third kappa shape index (κ3) is 4.54. The Balaban J connectivity index is 1.59. The lowest BCUT2D eigenvalue weighted by molar-refractivity contribution is -0.127. The number of aromatic nitrogens is 3. The minimum Gasteiger partial charge on any atom is -0.496 e. The van der Waals surface area contributed by atoms with Crippen molar-refractivity contribution in [3.63, 3.8) is 0 Å². The second-order valence-corrected chi connectivity index (χ2v) is 8.80. The second-order valence-electron chi connectivity index (χ2n) is 8.80. The maximum absolute atomic E-state index is 14.9. The van der Waals surface area contributed by atoms with E-state index in [0.717, 1.165) is 35.3 Å². The van der Waals surface area contributed by atoms with Crippen LogP contribution < -0.4 is 10.1 Å². The number of fused-ring (bicyclic) bond motifs is 1. The van der Waals surface area contributed by atoms with Crippen LogP contribution in [0.1, 0.15) is 24.6 Å². The number of hydrogen-bond donors (Lipinski definition) is 1. The van der Waals surface area contributed by atoms with E-state index >= 15 is 0 Å². The Labute approximate surface area is 209 Å². The number of pyridine rings is 1. The van der Waals surface area contributed by atoms with Crippen molar-refractivity contribution in [2.45, 2.75) is 25.4 Å². The van der Waals surface area contributed by atoms with Gasteiger partial charge in [0.1, 0.15) is 17.4 Å². The van der Waals surface area contributed by atoms with Crippen LogP contribution in [0.2, 0.25) is 0 Å². The van der Waals surface area contributed by atoms with Gasteiger partial charge >= 0.3 is 0 Å². The summed E-state index contributed by atoms with van der Waals surface area (Å²) in [5.74, 6) is 0.851. The lowest BCUT2D eigenvalue weighted by Gasteiger charge is -2.33. The molecule has 7 nitrogen and oxygen atoms in total. The number of benzene rings is 2. The number of rotatable bonds is 7. The molecule has 5 rings (SSSR count). The second kappa shape index (κ2) is 10.2. The Morgan fingerprint density at radius 1 is 1.25 bits per heavy atom. The maximum atomic E-state index is 14.9. The van der Waals surface area contributed by atoms with E-state index in [1.807, 2.05) is 46.0 Å². The molecule has 0 radical (unpaired) electrons. The van der Waals surface area contributed by atoms with E-state index in [-0.39, 0.29) is 17.8 Å². The van der Waals surface area contributed by atoms with E-state index < -0.39 is 0 Å². The predicted octanol–water partition coefficient (Wildman–Crippen LogP) is 5.21. The average molecular weight is 486 g/mol. The van der Waals surface area contributed by atoms with Gasteiger partial charge in [0.2, 0.25) is 5.91 Å². The summed E-state index contributed by atoms with van der Waals surface area (Å²) in [6, 6.07) is 16.3. The third-order valence-corrected chi connectivity index (χ3v) is 6.57. The third-order valence-electron chi connectivity index (χ3n) is 6.57. The van der Waals surface area contributed by atoms with Crippen LogP contribution >= 0.6 is 0 Å². The number of methoxy groups -OCH3 is 1. The molecule has 2 aromatic heterocycles. The molecular formula is C28H28FN5O2. The number of ether oxygens (including phenoxy) is 1. The number of hydrogen-bond acceptors (Lipinski definition) is 5. The number of amides is 1. The first kappa shape index (κ1) is 23.5. The van der Waals surface area contributed by atoms with Crippen molar-refractivity contribution in [1.82, 2.24) is 19.7 Å². The molecule has 1 N–H and O–H groups in total. The number of carbonyl (C=O) groups is 1. The largest absolute Gasteiger partial charge is 0.496 e. The van der Waals surface area contributed by atoms with Crippen LogP contribution in [0.25, 0.3) is 22.0 Å². The molecule has 3 heterocycles. The highest BCUT2D eigenvalue weighted by Crippen LogP contribution is 2.37. The Morgan fingerprint density at radius 2 is 2.14 bits per heavy atom. The lowest BCUT2D eigenvalue weighted by Crippen LogP contribution is -2.40. The number of piperidine rings is 1. The first-order valence-corrected chi connectivity index (χ1v) is 12.0. The number of nitrogens with zero attached hydrogens (tertiary/aromatic N) is 4. The number of halogens is 1.